The van der Waals surface area contributed by atoms with E-state index in [1.165, 1.54) is 11.1 Å². The molecule has 0 unspecified atom stereocenters. The fraction of sp³-hybridized carbons (Fsp3) is 0.350. The Labute approximate surface area is 143 Å². The Morgan fingerprint density at radius 2 is 1.75 bits per heavy atom. The van der Waals surface area contributed by atoms with Gasteiger partial charge in [-0.1, -0.05) is 48.5 Å². The lowest BCUT2D eigenvalue weighted by molar-refractivity contribution is -0.137. The van der Waals surface area contributed by atoms with Crippen LogP contribution in [0.25, 0.3) is 0 Å². The van der Waals surface area contributed by atoms with E-state index in [-0.39, 0.29) is 6.42 Å². The second-order valence-corrected chi connectivity index (χ2v) is 5.92. The molecular formula is C20H25NO3. The molecule has 4 heteroatoms. The predicted octanol–water partition coefficient (Wildman–Crippen LogP) is 3.45. The number of aliphatic carboxylic acids is 1. The summed E-state index contributed by atoms with van der Waals surface area (Å²) in [5.74, 6) is 0.169. The van der Waals surface area contributed by atoms with Crippen LogP contribution in [0, 0.1) is 0 Å². The van der Waals surface area contributed by atoms with Crippen molar-refractivity contribution in [2.45, 2.75) is 19.3 Å². The van der Waals surface area contributed by atoms with E-state index < -0.39 is 5.97 Å². The molecule has 0 aliphatic heterocycles. The van der Waals surface area contributed by atoms with Gasteiger partial charge < -0.3 is 14.7 Å². The molecule has 128 valence electrons. The zero-order valence-corrected chi connectivity index (χ0v) is 14.1. The second kappa shape index (κ2) is 9.73. The Morgan fingerprint density at radius 3 is 2.50 bits per heavy atom. The first kappa shape index (κ1) is 18.0. The van der Waals surface area contributed by atoms with Crippen molar-refractivity contribution >= 4 is 5.97 Å². The minimum absolute atomic E-state index is 0.178. The lowest BCUT2D eigenvalue weighted by Crippen LogP contribution is -2.24. The molecule has 2 aromatic carbocycles. The molecule has 0 aromatic heterocycles. The third kappa shape index (κ3) is 6.42. The molecule has 2 aromatic rings. The van der Waals surface area contributed by atoms with Gasteiger partial charge in [-0.2, -0.15) is 0 Å². The van der Waals surface area contributed by atoms with E-state index in [1.54, 1.807) is 0 Å². The number of benzene rings is 2. The summed E-state index contributed by atoms with van der Waals surface area (Å²) in [4.78, 5) is 12.6. The topological polar surface area (TPSA) is 49.8 Å². The maximum absolute atomic E-state index is 10.6. The fourth-order valence-corrected chi connectivity index (χ4v) is 2.52. The number of carbonyl (C=O) groups is 1. The molecule has 0 fully saturated rings. The third-order valence-corrected chi connectivity index (χ3v) is 3.86. The van der Waals surface area contributed by atoms with Gasteiger partial charge in [-0.3, -0.25) is 4.79 Å². The number of hydrogen-bond acceptors (Lipinski definition) is 3. The molecule has 24 heavy (non-hydrogen) atoms. The number of carboxylic acids is 1. The molecule has 2 rings (SSSR count). The number of carboxylic acid groups (broad SMARTS) is 1. The van der Waals surface area contributed by atoms with Gasteiger partial charge >= 0.3 is 5.97 Å². The highest BCUT2D eigenvalue weighted by Crippen LogP contribution is 2.21. The molecule has 0 spiro atoms. The Kier molecular flexibility index (Phi) is 7.30. The van der Waals surface area contributed by atoms with Crippen molar-refractivity contribution in [3.05, 3.63) is 65.7 Å². The van der Waals surface area contributed by atoms with E-state index in [0.717, 1.165) is 25.1 Å². The summed E-state index contributed by atoms with van der Waals surface area (Å²) in [7, 11) is 1.94. The number of hydrogen-bond donors (Lipinski definition) is 1. The number of para-hydroxylation sites is 1. The lowest BCUT2D eigenvalue weighted by Gasteiger charge is -2.16. The maximum atomic E-state index is 10.6. The lowest BCUT2D eigenvalue weighted by atomic mass is 10.0. The highest BCUT2D eigenvalue weighted by atomic mass is 16.5. The standard InChI is InChI=1S/C20H25NO3/c1-21(14-12-20(22)23)13-7-15-24-19-11-6-5-10-18(19)16-17-8-3-2-4-9-17/h2-6,8-11H,7,12-16H2,1H3,(H,22,23). The molecule has 0 radical (unpaired) electrons. The van der Waals surface area contributed by atoms with Crippen molar-refractivity contribution in [3.8, 4) is 5.75 Å². The largest absolute Gasteiger partial charge is 0.493 e. The van der Waals surface area contributed by atoms with Gasteiger partial charge in [-0.15, -0.1) is 0 Å². The van der Waals surface area contributed by atoms with E-state index in [0.29, 0.717) is 13.2 Å². The van der Waals surface area contributed by atoms with Gasteiger partial charge in [0.2, 0.25) is 0 Å². The van der Waals surface area contributed by atoms with Gasteiger partial charge in [0.15, 0.2) is 0 Å². The molecule has 0 bridgehead atoms. The van der Waals surface area contributed by atoms with E-state index in [9.17, 15) is 4.79 Å². The van der Waals surface area contributed by atoms with Crippen LogP contribution < -0.4 is 4.74 Å². The SMILES string of the molecule is CN(CCCOc1ccccc1Cc1ccccc1)CCC(=O)O. The van der Waals surface area contributed by atoms with Gasteiger partial charge in [0.05, 0.1) is 13.0 Å². The summed E-state index contributed by atoms with van der Waals surface area (Å²) in [5, 5.41) is 8.68. The summed E-state index contributed by atoms with van der Waals surface area (Å²) in [6.07, 6.45) is 1.91. The van der Waals surface area contributed by atoms with Crippen molar-refractivity contribution < 1.29 is 14.6 Å². The van der Waals surface area contributed by atoms with Crippen molar-refractivity contribution in [3.63, 3.8) is 0 Å². The van der Waals surface area contributed by atoms with Crippen LogP contribution in [0.3, 0.4) is 0 Å². The van der Waals surface area contributed by atoms with Crippen LogP contribution in [-0.2, 0) is 11.2 Å². The van der Waals surface area contributed by atoms with Gasteiger partial charge in [-0.25, -0.2) is 0 Å². The zero-order valence-electron chi connectivity index (χ0n) is 14.1. The molecule has 1 N–H and O–H groups in total. The molecule has 0 saturated heterocycles. The first-order chi connectivity index (χ1) is 11.6. The summed E-state index contributed by atoms with van der Waals surface area (Å²) >= 11 is 0. The molecule has 0 aliphatic rings. The third-order valence-electron chi connectivity index (χ3n) is 3.86. The van der Waals surface area contributed by atoms with E-state index in [2.05, 4.69) is 18.2 Å². The minimum atomic E-state index is -0.757. The van der Waals surface area contributed by atoms with Crippen LogP contribution in [0.15, 0.2) is 54.6 Å². The van der Waals surface area contributed by atoms with E-state index >= 15 is 0 Å². The summed E-state index contributed by atoms with van der Waals surface area (Å²) in [6, 6.07) is 18.5. The van der Waals surface area contributed by atoms with Crippen molar-refractivity contribution in [2.75, 3.05) is 26.7 Å². The quantitative estimate of drug-likeness (QED) is 0.679. The summed E-state index contributed by atoms with van der Waals surface area (Å²) < 4.78 is 5.94. The van der Waals surface area contributed by atoms with Crippen molar-refractivity contribution in [1.29, 1.82) is 0 Å². The smallest absolute Gasteiger partial charge is 0.304 e. The molecule has 0 atom stereocenters. The second-order valence-electron chi connectivity index (χ2n) is 5.92. The summed E-state index contributed by atoms with van der Waals surface area (Å²) in [5.41, 5.74) is 2.45. The number of nitrogens with zero attached hydrogens (tertiary/aromatic N) is 1. The van der Waals surface area contributed by atoms with Crippen LogP contribution in [0.2, 0.25) is 0 Å². The first-order valence-corrected chi connectivity index (χ1v) is 8.30. The van der Waals surface area contributed by atoms with Crippen LogP contribution in [0.1, 0.15) is 24.0 Å². The first-order valence-electron chi connectivity index (χ1n) is 8.30. The van der Waals surface area contributed by atoms with Crippen LogP contribution in [0.5, 0.6) is 5.75 Å². The van der Waals surface area contributed by atoms with Crippen LogP contribution in [-0.4, -0.2) is 42.7 Å². The Hall–Kier alpha value is -2.33. The normalized spacial score (nSPS) is 10.8. The Bertz CT molecular complexity index is 628. The van der Waals surface area contributed by atoms with Gasteiger partial charge in [0.25, 0.3) is 0 Å². The monoisotopic (exact) mass is 327 g/mol. The Morgan fingerprint density at radius 1 is 1.04 bits per heavy atom. The average Bonchev–Trinajstić information content (AvgIpc) is 2.59. The van der Waals surface area contributed by atoms with Crippen molar-refractivity contribution in [1.82, 2.24) is 4.90 Å². The molecule has 0 aliphatic carbocycles. The molecule has 0 amide bonds. The minimum Gasteiger partial charge on any atom is -0.493 e. The predicted molar refractivity (Wildman–Crippen MR) is 95.6 cm³/mol. The van der Waals surface area contributed by atoms with Gasteiger partial charge in [-0.05, 0) is 30.7 Å². The highest BCUT2D eigenvalue weighted by Gasteiger charge is 2.05. The van der Waals surface area contributed by atoms with Crippen LogP contribution >= 0.6 is 0 Å². The number of rotatable bonds is 10. The van der Waals surface area contributed by atoms with Gasteiger partial charge in [0, 0.05) is 19.5 Å². The van der Waals surface area contributed by atoms with Crippen molar-refractivity contribution in [2.24, 2.45) is 0 Å². The fourth-order valence-electron chi connectivity index (χ4n) is 2.52. The molecular weight excluding hydrogens is 302 g/mol. The Balaban J connectivity index is 1.79. The molecule has 0 heterocycles. The average molecular weight is 327 g/mol. The van der Waals surface area contributed by atoms with E-state index in [1.807, 2.05) is 48.3 Å². The zero-order chi connectivity index (χ0) is 17.2. The van der Waals surface area contributed by atoms with E-state index in [4.69, 9.17) is 9.84 Å². The van der Waals surface area contributed by atoms with Crippen LogP contribution in [0.4, 0.5) is 0 Å². The highest BCUT2D eigenvalue weighted by molar-refractivity contribution is 5.66. The maximum Gasteiger partial charge on any atom is 0.304 e. The molecule has 4 nitrogen and oxygen atoms in total. The summed E-state index contributed by atoms with van der Waals surface area (Å²) in [6.45, 7) is 2.03. The number of ether oxygens (including phenoxy) is 1. The van der Waals surface area contributed by atoms with Gasteiger partial charge in [0.1, 0.15) is 5.75 Å². The molecule has 0 saturated carbocycles.